The third-order valence-corrected chi connectivity index (χ3v) is 4.58. The Balaban J connectivity index is 1.86. The number of hydrogen-bond acceptors (Lipinski definition) is 4. The molecule has 4 heteroatoms. The maximum Gasteiger partial charge on any atom is 0.202 e. The zero-order chi connectivity index (χ0) is 13.0. The van der Waals surface area contributed by atoms with E-state index in [1.54, 1.807) is 0 Å². The molecule has 0 unspecified atom stereocenters. The zero-order valence-electron chi connectivity index (χ0n) is 11.8. The summed E-state index contributed by atoms with van der Waals surface area (Å²) < 4.78 is 4.54. The molecule has 1 N–H and O–H groups in total. The van der Waals surface area contributed by atoms with Crippen molar-refractivity contribution >= 4 is 16.7 Å². The van der Waals surface area contributed by atoms with Crippen molar-refractivity contribution in [2.45, 2.75) is 58.8 Å². The molecule has 0 radical (unpaired) electrons. The molecule has 0 aliphatic heterocycles. The minimum atomic E-state index is 0.610. The fraction of sp³-hybridized carbons (Fsp3) is 0.857. The molecule has 0 saturated heterocycles. The number of hydrogen-bond donors (Lipinski definition) is 1. The molecule has 2 rings (SSSR count). The van der Waals surface area contributed by atoms with E-state index in [1.165, 1.54) is 43.6 Å². The summed E-state index contributed by atoms with van der Waals surface area (Å²) in [5.41, 5.74) is 0. The van der Waals surface area contributed by atoms with E-state index in [0.717, 1.165) is 23.4 Å². The molecule has 0 atom stereocenters. The van der Waals surface area contributed by atoms with Crippen LogP contribution in [0, 0.1) is 11.8 Å². The molecular formula is C14H25N3S. The van der Waals surface area contributed by atoms with Crippen molar-refractivity contribution in [2.24, 2.45) is 11.8 Å². The van der Waals surface area contributed by atoms with Gasteiger partial charge < -0.3 is 5.32 Å². The summed E-state index contributed by atoms with van der Waals surface area (Å²) >= 11 is 1.52. The van der Waals surface area contributed by atoms with Crippen molar-refractivity contribution in [3.8, 4) is 0 Å². The van der Waals surface area contributed by atoms with Gasteiger partial charge in [-0.3, -0.25) is 0 Å². The van der Waals surface area contributed by atoms with Crippen molar-refractivity contribution in [3.05, 3.63) is 5.82 Å². The fourth-order valence-corrected chi connectivity index (χ4v) is 3.24. The van der Waals surface area contributed by atoms with Gasteiger partial charge in [-0.2, -0.15) is 4.37 Å². The molecule has 0 spiro atoms. The van der Waals surface area contributed by atoms with Gasteiger partial charge in [0.15, 0.2) is 0 Å². The lowest BCUT2D eigenvalue weighted by atomic mass is 9.80. The van der Waals surface area contributed by atoms with Crippen LogP contribution in [0.2, 0.25) is 0 Å². The van der Waals surface area contributed by atoms with Crippen LogP contribution in [0.3, 0.4) is 0 Å². The Labute approximate surface area is 115 Å². The van der Waals surface area contributed by atoms with Crippen LogP contribution in [0.15, 0.2) is 0 Å². The molecule has 102 valence electrons. The third kappa shape index (κ3) is 3.67. The summed E-state index contributed by atoms with van der Waals surface area (Å²) in [5, 5.41) is 4.37. The molecule has 1 aliphatic carbocycles. The second-order valence-electron chi connectivity index (χ2n) is 5.86. The van der Waals surface area contributed by atoms with Gasteiger partial charge in [0.25, 0.3) is 0 Å². The molecule has 1 fully saturated rings. The predicted octanol–water partition coefficient (Wildman–Crippen LogP) is 4.29. The molecule has 1 aromatic rings. The molecular weight excluding hydrogens is 242 g/mol. The van der Waals surface area contributed by atoms with Crippen LogP contribution in [0.1, 0.15) is 64.6 Å². The van der Waals surface area contributed by atoms with E-state index >= 15 is 0 Å². The van der Waals surface area contributed by atoms with Crippen molar-refractivity contribution in [1.29, 1.82) is 0 Å². The average molecular weight is 267 g/mol. The summed E-state index contributed by atoms with van der Waals surface area (Å²) in [5.74, 6) is 3.29. The minimum Gasteiger partial charge on any atom is -0.360 e. The summed E-state index contributed by atoms with van der Waals surface area (Å²) in [6.07, 6.45) is 6.60. The van der Waals surface area contributed by atoms with Gasteiger partial charge in [0.2, 0.25) is 5.13 Å². The van der Waals surface area contributed by atoms with Crippen LogP contribution in [0.25, 0.3) is 0 Å². The average Bonchev–Trinajstić information content (AvgIpc) is 2.85. The van der Waals surface area contributed by atoms with Crippen LogP contribution in [0.4, 0.5) is 5.13 Å². The Morgan fingerprint density at radius 3 is 2.61 bits per heavy atom. The van der Waals surface area contributed by atoms with Gasteiger partial charge in [-0.25, -0.2) is 4.98 Å². The summed E-state index contributed by atoms with van der Waals surface area (Å²) in [6, 6.07) is 0. The Hall–Kier alpha value is -0.640. The van der Waals surface area contributed by atoms with Crippen LogP contribution in [0.5, 0.6) is 0 Å². The fourth-order valence-electron chi connectivity index (χ4n) is 2.59. The van der Waals surface area contributed by atoms with Crippen molar-refractivity contribution in [2.75, 3.05) is 11.9 Å². The van der Waals surface area contributed by atoms with Crippen LogP contribution >= 0.6 is 11.5 Å². The number of nitrogens with zero attached hydrogens (tertiary/aromatic N) is 2. The highest BCUT2D eigenvalue weighted by atomic mass is 32.1. The SMILES string of the molecule is CCC1CCC(c2nsc(NCC(C)C)n2)CC1. The monoisotopic (exact) mass is 267 g/mol. The minimum absolute atomic E-state index is 0.610. The molecule has 0 bridgehead atoms. The lowest BCUT2D eigenvalue weighted by molar-refractivity contribution is 0.313. The smallest absolute Gasteiger partial charge is 0.202 e. The Morgan fingerprint density at radius 1 is 1.28 bits per heavy atom. The first kappa shape index (κ1) is 13.8. The van der Waals surface area contributed by atoms with Crippen LogP contribution < -0.4 is 5.32 Å². The summed E-state index contributed by atoms with van der Waals surface area (Å²) in [7, 11) is 0. The van der Waals surface area contributed by atoms with E-state index in [9.17, 15) is 0 Å². The number of aromatic nitrogens is 2. The molecule has 1 heterocycles. The third-order valence-electron chi connectivity index (χ3n) is 3.89. The molecule has 3 nitrogen and oxygen atoms in total. The maximum absolute atomic E-state index is 4.65. The van der Waals surface area contributed by atoms with Crippen molar-refractivity contribution < 1.29 is 0 Å². The van der Waals surface area contributed by atoms with Crippen molar-refractivity contribution in [1.82, 2.24) is 9.36 Å². The summed E-state index contributed by atoms with van der Waals surface area (Å²) in [4.78, 5) is 4.65. The molecule has 0 aromatic carbocycles. The first-order valence-electron chi connectivity index (χ1n) is 7.26. The van der Waals surface area contributed by atoms with E-state index < -0.39 is 0 Å². The highest BCUT2D eigenvalue weighted by molar-refractivity contribution is 7.09. The zero-order valence-corrected chi connectivity index (χ0v) is 12.6. The first-order valence-corrected chi connectivity index (χ1v) is 8.03. The van der Waals surface area contributed by atoms with E-state index in [2.05, 4.69) is 35.4 Å². The highest BCUT2D eigenvalue weighted by Crippen LogP contribution is 2.36. The molecule has 1 aliphatic rings. The molecule has 1 aromatic heterocycles. The van der Waals surface area contributed by atoms with E-state index in [0.29, 0.717) is 11.8 Å². The Bertz CT molecular complexity index is 354. The van der Waals surface area contributed by atoms with E-state index in [1.807, 2.05) is 0 Å². The Morgan fingerprint density at radius 2 is 2.00 bits per heavy atom. The predicted molar refractivity (Wildman–Crippen MR) is 78.2 cm³/mol. The second kappa shape index (κ2) is 6.50. The standard InChI is InChI=1S/C14H25N3S/c1-4-11-5-7-12(8-6-11)13-16-14(18-17-13)15-9-10(2)3/h10-12H,4-9H2,1-3H3,(H,15,16,17). The van der Waals surface area contributed by atoms with Gasteiger partial charge in [-0.05, 0) is 37.5 Å². The van der Waals surface area contributed by atoms with E-state index in [4.69, 9.17) is 0 Å². The van der Waals surface area contributed by atoms with Crippen LogP contribution in [-0.4, -0.2) is 15.9 Å². The summed E-state index contributed by atoms with van der Waals surface area (Å²) in [6.45, 7) is 7.71. The van der Waals surface area contributed by atoms with Gasteiger partial charge >= 0.3 is 0 Å². The van der Waals surface area contributed by atoms with Gasteiger partial charge in [0.05, 0.1) is 0 Å². The van der Waals surface area contributed by atoms with Gasteiger partial charge in [-0.1, -0.05) is 27.2 Å². The topological polar surface area (TPSA) is 37.8 Å². The Kier molecular flexibility index (Phi) is 4.98. The van der Waals surface area contributed by atoms with Gasteiger partial charge in [0.1, 0.15) is 5.82 Å². The maximum atomic E-state index is 4.65. The second-order valence-corrected chi connectivity index (χ2v) is 6.61. The number of anilines is 1. The molecule has 18 heavy (non-hydrogen) atoms. The van der Waals surface area contributed by atoms with E-state index in [-0.39, 0.29) is 0 Å². The number of rotatable bonds is 5. The first-order chi connectivity index (χ1) is 8.69. The van der Waals surface area contributed by atoms with Crippen molar-refractivity contribution in [3.63, 3.8) is 0 Å². The lowest BCUT2D eigenvalue weighted by Crippen LogP contribution is -2.14. The van der Waals surface area contributed by atoms with Gasteiger partial charge in [-0.15, -0.1) is 0 Å². The number of nitrogens with one attached hydrogen (secondary N) is 1. The molecule has 0 amide bonds. The largest absolute Gasteiger partial charge is 0.360 e. The normalized spacial score (nSPS) is 24.4. The van der Waals surface area contributed by atoms with Gasteiger partial charge in [0, 0.05) is 24.0 Å². The highest BCUT2D eigenvalue weighted by Gasteiger charge is 2.24. The lowest BCUT2D eigenvalue weighted by Gasteiger charge is -2.25. The quantitative estimate of drug-likeness (QED) is 0.864. The van der Waals surface area contributed by atoms with Crippen LogP contribution in [-0.2, 0) is 0 Å². The molecule has 1 saturated carbocycles.